The molecular formula is C24H25NO5S. The number of hydrogen-bond donors (Lipinski definition) is 0. The molecule has 2 aromatic rings. The summed E-state index contributed by atoms with van der Waals surface area (Å²) in [7, 11) is 4.48. The molecule has 0 saturated heterocycles. The second kappa shape index (κ2) is 8.67. The molecular weight excluding hydrogens is 414 g/mol. The Labute approximate surface area is 185 Å². The molecule has 4 rings (SSSR count). The summed E-state index contributed by atoms with van der Waals surface area (Å²) in [5.74, 6) is -0.487. The van der Waals surface area contributed by atoms with E-state index in [1.807, 2.05) is 30.5 Å². The third-order valence-electron chi connectivity index (χ3n) is 6.06. The molecule has 6 nitrogen and oxygen atoms in total. The maximum Gasteiger partial charge on any atom is 0.315 e. The summed E-state index contributed by atoms with van der Waals surface area (Å²) in [6.45, 7) is 1.82. The molecule has 1 aliphatic heterocycles. The summed E-state index contributed by atoms with van der Waals surface area (Å²) in [6.07, 6.45) is 1.06. The number of ether oxygens (including phenoxy) is 3. The quantitative estimate of drug-likeness (QED) is 0.641. The lowest BCUT2D eigenvalue weighted by molar-refractivity contribution is -0.143. The Morgan fingerprint density at radius 1 is 1.10 bits per heavy atom. The first kappa shape index (κ1) is 21.3. The Balaban J connectivity index is 1.89. The number of benzene rings is 1. The van der Waals surface area contributed by atoms with E-state index in [4.69, 9.17) is 19.2 Å². The van der Waals surface area contributed by atoms with Crippen LogP contribution in [0, 0.1) is 5.92 Å². The van der Waals surface area contributed by atoms with Gasteiger partial charge in [-0.3, -0.25) is 14.6 Å². The zero-order valence-electron chi connectivity index (χ0n) is 18.0. The molecule has 0 amide bonds. The number of carbonyl (C=O) groups is 2. The molecule has 3 atom stereocenters. The van der Waals surface area contributed by atoms with E-state index in [1.165, 1.54) is 12.0 Å². The van der Waals surface area contributed by atoms with Crippen molar-refractivity contribution in [1.29, 1.82) is 0 Å². The van der Waals surface area contributed by atoms with Crippen LogP contribution in [0.3, 0.4) is 0 Å². The van der Waals surface area contributed by atoms with Crippen molar-refractivity contribution in [3.8, 4) is 11.5 Å². The van der Waals surface area contributed by atoms with E-state index in [9.17, 15) is 9.59 Å². The minimum Gasteiger partial charge on any atom is -0.493 e. The van der Waals surface area contributed by atoms with Crippen molar-refractivity contribution in [2.45, 2.75) is 31.6 Å². The minimum atomic E-state index is -0.702. The van der Waals surface area contributed by atoms with Gasteiger partial charge < -0.3 is 14.2 Å². The average molecular weight is 440 g/mol. The van der Waals surface area contributed by atoms with Crippen molar-refractivity contribution >= 4 is 28.8 Å². The van der Waals surface area contributed by atoms with Crippen molar-refractivity contribution in [3.05, 3.63) is 57.4 Å². The molecule has 162 valence electrons. The predicted molar refractivity (Wildman–Crippen MR) is 119 cm³/mol. The van der Waals surface area contributed by atoms with Gasteiger partial charge in [0.1, 0.15) is 5.92 Å². The second-order valence-corrected chi connectivity index (χ2v) is 8.70. The van der Waals surface area contributed by atoms with Gasteiger partial charge >= 0.3 is 5.97 Å². The van der Waals surface area contributed by atoms with E-state index in [0.29, 0.717) is 35.6 Å². The number of methoxy groups -OCH3 is 3. The normalized spacial score (nSPS) is 23.2. The van der Waals surface area contributed by atoms with Gasteiger partial charge in [-0.1, -0.05) is 18.2 Å². The molecule has 0 spiro atoms. The van der Waals surface area contributed by atoms with E-state index in [2.05, 4.69) is 6.07 Å². The van der Waals surface area contributed by atoms with Gasteiger partial charge in [0.05, 0.1) is 21.3 Å². The molecule has 0 saturated carbocycles. The third-order valence-corrected chi connectivity index (χ3v) is 7.09. The first-order valence-electron chi connectivity index (χ1n) is 10.1. The lowest BCUT2D eigenvalue weighted by Crippen LogP contribution is -2.37. The summed E-state index contributed by atoms with van der Waals surface area (Å²) < 4.78 is 16.3. The standard InChI is InChI=1S/C24H25NO5S/c1-13-20(24(27)30-4)21(15-7-5-8-18(28-2)23(15)29-3)22-16(25-13)11-14(12-17(22)26)19-9-6-10-31-19/h5-10,14,20-21H,11-12H2,1-4H3/t14-,20?,21-/m1/s1. The molecule has 0 fully saturated rings. The molecule has 31 heavy (non-hydrogen) atoms. The van der Waals surface area contributed by atoms with Crippen molar-refractivity contribution in [2.24, 2.45) is 10.9 Å². The lowest BCUT2D eigenvalue weighted by atomic mass is 9.69. The summed E-state index contributed by atoms with van der Waals surface area (Å²) in [6, 6.07) is 9.58. The van der Waals surface area contributed by atoms with Crippen LogP contribution in [0.15, 0.2) is 52.0 Å². The number of rotatable bonds is 5. The highest BCUT2D eigenvalue weighted by molar-refractivity contribution is 7.10. The molecule has 1 aromatic heterocycles. The number of carbonyl (C=O) groups excluding carboxylic acids is 2. The number of thiophene rings is 1. The van der Waals surface area contributed by atoms with E-state index in [-0.39, 0.29) is 11.7 Å². The fraction of sp³-hybridized carbons (Fsp3) is 0.375. The number of allylic oxidation sites excluding steroid dienone is 2. The highest BCUT2D eigenvalue weighted by Crippen LogP contribution is 2.50. The maximum absolute atomic E-state index is 13.5. The van der Waals surface area contributed by atoms with Gasteiger partial charge in [0, 0.05) is 45.7 Å². The van der Waals surface area contributed by atoms with Gasteiger partial charge in [-0.05, 0) is 30.9 Å². The van der Waals surface area contributed by atoms with Crippen LogP contribution in [0.5, 0.6) is 11.5 Å². The molecule has 0 radical (unpaired) electrons. The Bertz CT molecular complexity index is 1070. The monoisotopic (exact) mass is 439 g/mol. The number of hydrogen-bond acceptors (Lipinski definition) is 7. The summed E-state index contributed by atoms with van der Waals surface area (Å²) in [4.78, 5) is 32.3. The molecule has 2 heterocycles. The average Bonchev–Trinajstić information content (AvgIpc) is 3.31. The van der Waals surface area contributed by atoms with Crippen molar-refractivity contribution in [1.82, 2.24) is 0 Å². The Hall–Kier alpha value is -2.93. The minimum absolute atomic E-state index is 0.0136. The van der Waals surface area contributed by atoms with Gasteiger partial charge in [0.2, 0.25) is 0 Å². The van der Waals surface area contributed by atoms with Crippen LogP contribution < -0.4 is 9.47 Å². The van der Waals surface area contributed by atoms with Crippen molar-refractivity contribution < 1.29 is 23.8 Å². The van der Waals surface area contributed by atoms with Crippen LogP contribution in [-0.2, 0) is 14.3 Å². The van der Waals surface area contributed by atoms with Gasteiger partial charge in [0.15, 0.2) is 17.3 Å². The van der Waals surface area contributed by atoms with Crippen LogP contribution in [0.25, 0.3) is 0 Å². The first-order valence-corrected chi connectivity index (χ1v) is 11.0. The van der Waals surface area contributed by atoms with E-state index in [0.717, 1.165) is 11.3 Å². The Kier molecular flexibility index (Phi) is 5.96. The third kappa shape index (κ3) is 3.67. The van der Waals surface area contributed by atoms with E-state index in [1.54, 1.807) is 31.6 Å². The van der Waals surface area contributed by atoms with Gasteiger partial charge in [0.25, 0.3) is 0 Å². The van der Waals surface area contributed by atoms with Crippen LogP contribution in [0.1, 0.15) is 42.0 Å². The topological polar surface area (TPSA) is 74.2 Å². The Morgan fingerprint density at radius 3 is 2.55 bits per heavy atom. The SMILES string of the molecule is COC(=O)C1C(C)=NC2=C(C(=O)C[C@H](c3cccs3)C2)[C@@H]1c1cccc(OC)c1OC. The maximum atomic E-state index is 13.5. The lowest BCUT2D eigenvalue weighted by Gasteiger charge is -2.36. The fourth-order valence-corrected chi connectivity index (χ4v) is 5.54. The number of nitrogens with zero attached hydrogens (tertiary/aromatic N) is 1. The Morgan fingerprint density at radius 2 is 1.90 bits per heavy atom. The molecule has 0 bridgehead atoms. The van der Waals surface area contributed by atoms with Gasteiger partial charge in [-0.25, -0.2) is 0 Å². The molecule has 1 unspecified atom stereocenters. The largest absolute Gasteiger partial charge is 0.493 e. The van der Waals surface area contributed by atoms with Gasteiger partial charge in [-0.15, -0.1) is 11.3 Å². The fourth-order valence-electron chi connectivity index (χ4n) is 4.71. The van der Waals surface area contributed by atoms with Crippen LogP contribution in [0.4, 0.5) is 0 Å². The summed E-state index contributed by atoms with van der Waals surface area (Å²) >= 11 is 1.65. The number of ketones is 1. The smallest absolute Gasteiger partial charge is 0.315 e. The highest BCUT2D eigenvalue weighted by atomic mass is 32.1. The molecule has 0 N–H and O–H groups in total. The number of aliphatic imine (C=N–C) groups is 1. The molecule has 1 aromatic carbocycles. The molecule has 7 heteroatoms. The van der Waals surface area contributed by atoms with E-state index < -0.39 is 17.8 Å². The highest BCUT2D eigenvalue weighted by Gasteiger charge is 2.46. The van der Waals surface area contributed by atoms with Crippen LogP contribution >= 0.6 is 11.3 Å². The van der Waals surface area contributed by atoms with Crippen LogP contribution in [-0.4, -0.2) is 38.8 Å². The second-order valence-electron chi connectivity index (χ2n) is 7.72. The van der Waals surface area contributed by atoms with E-state index >= 15 is 0 Å². The molecule has 2 aliphatic rings. The van der Waals surface area contributed by atoms with Crippen molar-refractivity contribution in [2.75, 3.05) is 21.3 Å². The first-order chi connectivity index (χ1) is 15.0. The predicted octanol–water partition coefficient (Wildman–Crippen LogP) is 4.51. The number of para-hydroxylation sites is 1. The summed E-state index contributed by atoms with van der Waals surface area (Å²) in [5.41, 5.74) is 2.70. The number of Topliss-reactive ketones (excluding diaryl/α,β-unsaturated/α-hetero) is 1. The molecule has 1 aliphatic carbocycles. The number of esters is 1. The van der Waals surface area contributed by atoms with Crippen LogP contribution in [0.2, 0.25) is 0 Å². The zero-order valence-corrected chi connectivity index (χ0v) is 18.8. The zero-order chi connectivity index (χ0) is 22.1. The summed E-state index contributed by atoms with van der Waals surface area (Å²) in [5, 5.41) is 2.02. The van der Waals surface area contributed by atoms with Gasteiger partial charge in [-0.2, -0.15) is 0 Å². The van der Waals surface area contributed by atoms with Crippen molar-refractivity contribution in [3.63, 3.8) is 0 Å².